The predicted octanol–water partition coefficient (Wildman–Crippen LogP) is 5.67. The van der Waals surface area contributed by atoms with E-state index in [0.29, 0.717) is 22.8 Å². The molecule has 2 heterocycles. The number of nitrogens with zero attached hydrogens (tertiary/aromatic N) is 2. The third-order valence-electron chi connectivity index (χ3n) is 6.62. The first-order chi connectivity index (χ1) is 16.9. The number of benzene rings is 2. The van der Waals surface area contributed by atoms with Gasteiger partial charge in [-0.05, 0) is 67.3 Å². The number of rotatable bonds is 5. The molecule has 0 spiro atoms. The van der Waals surface area contributed by atoms with Crippen LogP contribution in [0.2, 0.25) is 0 Å². The Morgan fingerprint density at radius 1 is 1.06 bits per heavy atom. The summed E-state index contributed by atoms with van der Waals surface area (Å²) in [4.78, 5) is 21.4. The average Bonchev–Trinajstić information content (AvgIpc) is 3.36. The van der Waals surface area contributed by atoms with Gasteiger partial charge in [0.25, 0.3) is 5.91 Å². The number of anilines is 1. The van der Waals surface area contributed by atoms with Gasteiger partial charge in [-0.2, -0.15) is 0 Å². The highest BCUT2D eigenvalue weighted by Crippen LogP contribution is 2.32. The van der Waals surface area contributed by atoms with E-state index in [2.05, 4.69) is 15.3 Å². The summed E-state index contributed by atoms with van der Waals surface area (Å²) >= 11 is 0. The van der Waals surface area contributed by atoms with Crippen LogP contribution in [0.25, 0.3) is 33.2 Å². The lowest BCUT2D eigenvalue weighted by Gasteiger charge is -2.13. The molecule has 0 unspecified atom stereocenters. The number of methoxy groups -OCH3 is 1. The number of aromatic nitrogens is 2. The molecule has 3 N–H and O–H groups in total. The van der Waals surface area contributed by atoms with E-state index in [-0.39, 0.29) is 17.5 Å². The summed E-state index contributed by atoms with van der Waals surface area (Å²) in [5, 5.41) is 3.80. The molecule has 0 bridgehead atoms. The number of hydrogen-bond donors (Lipinski definition) is 2. The molecule has 178 valence electrons. The van der Waals surface area contributed by atoms with Gasteiger partial charge in [0.15, 0.2) is 0 Å². The van der Waals surface area contributed by atoms with E-state index in [9.17, 15) is 9.18 Å². The van der Waals surface area contributed by atoms with Crippen LogP contribution in [0.1, 0.15) is 41.6 Å². The minimum absolute atomic E-state index is 0.0395. The fourth-order valence-electron chi connectivity index (χ4n) is 4.74. The molecule has 1 fully saturated rings. The Bertz CT molecular complexity index is 1430. The summed E-state index contributed by atoms with van der Waals surface area (Å²) in [6, 6.07) is 14.5. The topological polar surface area (TPSA) is 90.1 Å². The smallest absolute Gasteiger partial charge is 0.254 e. The van der Waals surface area contributed by atoms with Gasteiger partial charge in [0, 0.05) is 34.3 Å². The van der Waals surface area contributed by atoms with Crippen LogP contribution in [-0.4, -0.2) is 29.0 Å². The molecule has 2 aromatic carbocycles. The van der Waals surface area contributed by atoms with Gasteiger partial charge in [-0.15, -0.1) is 0 Å². The van der Waals surface area contributed by atoms with Crippen molar-refractivity contribution in [2.75, 3.05) is 12.8 Å². The zero-order chi connectivity index (χ0) is 24.5. The molecule has 0 radical (unpaired) electrons. The number of nitrogens with two attached hydrogens (primary N) is 1. The number of fused-ring (bicyclic) bond motifs is 1. The van der Waals surface area contributed by atoms with Gasteiger partial charge >= 0.3 is 0 Å². The van der Waals surface area contributed by atoms with Crippen LogP contribution in [-0.2, 0) is 0 Å². The molecule has 2 aromatic heterocycles. The van der Waals surface area contributed by atoms with Crippen molar-refractivity contribution in [3.63, 3.8) is 0 Å². The van der Waals surface area contributed by atoms with E-state index < -0.39 is 5.82 Å². The van der Waals surface area contributed by atoms with Crippen molar-refractivity contribution < 1.29 is 13.9 Å². The van der Waals surface area contributed by atoms with E-state index in [1.54, 1.807) is 19.4 Å². The maximum Gasteiger partial charge on any atom is 0.254 e. The number of amides is 1. The lowest BCUT2D eigenvalue weighted by molar-refractivity contribution is 0.0934. The average molecular weight is 471 g/mol. The second kappa shape index (κ2) is 9.33. The van der Waals surface area contributed by atoms with E-state index in [0.717, 1.165) is 53.3 Å². The molecule has 0 aliphatic heterocycles. The second-order valence-electron chi connectivity index (χ2n) is 9.03. The Labute approximate surface area is 203 Å². The Balaban J connectivity index is 1.48. The molecule has 5 rings (SSSR count). The summed E-state index contributed by atoms with van der Waals surface area (Å²) in [5.74, 6) is -0.0620. The van der Waals surface area contributed by atoms with Crippen LogP contribution < -0.4 is 15.8 Å². The third-order valence-corrected chi connectivity index (χ3v) is 6.62. The number of ether oxygens (including phenoxy) is 1. The standard InChI is InChI=1S/C28H27FN4O2/c1-16-11-20(15-31-28(16)35-2)17-8-10-25-19(12-17)13-23(26(30)33-25)18-7-9-22(24(29)14-18)27(34)32-21-5-3-4-6-21/h7-15,21H,3-6H2,1-2H3,(H2,30,33)(H,32,34). The van der Waals surface area contributed by atoms with Crippen molar-refractivity contribution in [3.05, 3.63) is 71.7 Å². The molecule has 0 atom stereocenters. The van der Waals surface area contributed by atoms with Gasteiger partial charge < -0.3 is 15.8 Å². The maximum atomic E-state index is 15.0. The summed E-state index contributed by atoms with van der Waals surface area (Å²) in [7, 11) is 1.60. The molecule has 1 aliphatic rings. The molecule has 0 saturated heterocycles. The molecular formula is C28H27FN4O2. The second-order valence-corrected chi connectivity index (χ2v) is 9.03. The molecule has 6 nitrogen and oxygen atoms in total. The molecule has 7 heteroatoms. The van der Waals surface area contributed by atoms with Gasteiger partial charge in [-0.1, -0.05) is 25.0 Å². The minimum Gasteiger partial charge on any atom is -0.481 e. The van der Waals surface area contributed by atoms with Crippen LogP contribution >= 0.6 is 0 Å². The summed E-state index contributed by atoms with van der Waals surface area (Å²) in [6.07, 6.45) is 5.84. The quantitative estimate of drug-likeness (QED) is 0.392. The zero-order valence-corrected chi connectivity index (χ0v) is 19.8. The number of pyridine rings is 2. The lowest BCUT2D eigenvalue weighted by Crippen LogP contribution is -2.33. The Kier molecular flexibility index (Phi) is 6.07. The van der Waals surface area contributed by atoms with E-state index in [1.165, 1.54) is 12.1 Å². The van der Waals surface area contributed by atoms with Crippen LogP contribution in [0.15, 0.2) is 54.7 Å². The van der Waals surface area contributed by atoms with Crippen molar-refractivity contribution in [1.82, 2.24) is 15.3 Å². The molecule has 1 saturated carbocycles. The van der Waals surface area contributed by atoms with Gasteiger partial charge in [0.05, 0.1) is 18.2 Å². The third kappa shape index (κ3) is 4.54. The highest BCUT2D eigenvalue weighted by Gasteiger charge is 2.20. The molecule has 35 heavy (non-hydrogen) atoms. The first kappa shape index (κ1) is 22.8. The number of nitrogen functional groups attached to an aromatic ring is 1. The van der Waals surface area contributed by atoms with Crippen molar-refractivity contribution in [2.45, 2.75) is 38.6 Å². The highest BCUT2D eigenvalue weighted by atomic mass is 19.1. The van der Waals surface area contributed by atoms with Crippen molar-refractivity contribution in [1.29, 1.82) is 0 Å². The lowest BCUT2D eigenvalue weighted by atomic mass is 9.99. The van der Waals surface area contributed by atoms with E-state index in [1.807, 2.05) is 37.3 Å². The maximum absolute atomic E-state index is 15.0. The van der Waals surface area contributed by atoms with Gasteiger partial charge in [-0.3, -0.25) is 4.79 Å². The molecular weight excluding hydrogens is 443 g/mol. The van der Waals surface area contributed by atoms with Gasteiger partial charge in [0.1, 0.15) is 11.6 Å². The number of hydrogen-bond acceptors (Lipinski definition) is 5. The largest absolute Gasteiger partial charge is 0.481 e. The molecule has 4 aromatic rings. The minimum atomic E-state index is -0.578. The highest BCUT2D eigenvalue weighted by molar-refractivity contribution is 5.96. The van der Waals surface area contributed by atoms with E-state index in [4.69, 9.17) is 10.5 Å². The monoisotopic (exact) mass is 470 g/mol. The molecule has 1 amide bonds. The SMILES string of the molecule is COc1ncc(-c2ccc3nc(N)c(-c4ccc(C(=O)NC5CCCC5)c(F)c4)cc3c2)cc1C. The number of carbonyl (C=O) groups is 1. The number of nitrogens with one attached hydrogen (secondary N) is 1. The Morgan fingerprint density at radius 3 is 2.54 bits per heavy atom. The number of halogens is 1. The number of aryl methyl sites for hydroxylation is 1. The summed E-state index contributed by atoms with van der Waals surface area (Å²) < 4.78 is 20.2. The van der Waals surface area contributed by atoms with Crippen molar-refractivity contribution in [2.24, 2.45) is 0 Å². The van der Waals surface area contributed by atoms with Crippen molar-refractivity contribution in [3.8, 4) is 28.1 Å². The van der Waals surface area contributed by atoms with Crippen LogP contribution in [0, 0.1) is 12.7 Å². The predicted molar refractivity (Wildman–Crippen MR) is 136 cm³/mol. The fourth-order valence-corrected chi connectivity index (χ4v) is 4.74. The normalized spacial score (nSPS) is 13.8. The zero-order valence-electron chi connectivity index (χ0n) is 19.8. The first-order valence-corrected chi connectivity index (χ1v) is 11.7. The fraction of sp³-hybridized carbons (Fsp3) is 0.250. The van der Waals surface area contributed by atoms with Crippen LogP contribution in [0.5, 0.6) is 5.88 Å². The van der Waals surface area contributed by atoms with Crippen LogP contribution in [0.4, 0.5) is 10.2 Å². The summed E-state index contributed by atoms with van der Waals surface area (Å²) in [6.45, 7) is 1.95. The Morgan fingerprint density at radius 2 is 1.83 bits per heavy atom. The summed E-state index contributed by atoms with van der Waals surface area (Å²) in [5.41, 5.74) is 11.1. The van der Waals surface area contributed by atoms with Crippen LogP contribution in [0.3, 0.4) is 0 Å². The Hall–Kier alpha value is -4.00. The first-order valence-electron chi connectivity index (χ1n) is 11.7. The van der Waals surface area contributed by atoms with Gasteiger partial charge in [0.2, 0.25) is 5.88 Å². The molecule has 1 aliphatic carbocycles. The number of carbonyl (C=O) groups excluding carboxylic acids is 1. The van der Waals surface area contributed by atoms with E-state index >= 15 is 0 Å². The van der Waals surface area contributed by atoms with Gasteiger partial charge in [-0.25, -0.2) is 14.4 Å². The van der Waals surface area contributed by atoms with Crippen molar-refractivity contribution >= 4 is 22.6 Å².